The third-order valence-corrected chi connectivity index (χ3v) is 2.57. The maximum absolute atomic E-state index is 11.8. The topological polar surface area (TPSA) is 72.9 Å². The predicted octanol–water partition coefficient (Wildman–Crippen LogP) is 0.450. The van der Waals surface area contributed by atoms with E-state index in [1.54, 1.807) is 11.7 Å². The normalized spacial score (nSPS) is 12.5. The molecule has 1 heterocycles. The molecule has 5 heteroatoms. The summed E-state index contributed by atoms with van der Waals surface area (Å²) in [5, 5.41) is 7.03. The van der Waals surface area contributed by atoms with Crippen LogP contribution in [0.25, 0.3) is 0 Å². The molecule has 90 valence electrons. The van der Waals surface area contributed by atoms with Gasteiger partial charge in [0.2, 0.25) is 0 Å². The molecule has 0 saturated heterocycles. The van der Waals surface area contributed by atoms with Gasteiger partial charge in [-0.1, -0.05) is 13.8 Å². The average molecular weight is 224 g/mol. The van der Waals surface area contributed by atoms with E-state index in [2.05, 4.69) is 10.4 Å². The number of nitrogens with one attached hydrogen (secondary N) is 1. The highest BCUT2D eigenvalue weighted by atomic mass is 16.2. The minimum absolute atomic E-state index is 0.0165. The zero-order chi connectivity index (χ0) is 12.1. The van der Waals surface area contributed by atoms with Crippen molar-refractivity contribution < 1.29 is 4.79 Å². The summed E-state index contributed by atoms with van der Waals surface area (Å²) in [4.78, 5) is 11.8. The summed E-state index contributed by atoms with van der Waals surface area (Å²) in [7, 11) is 1.77. The molecule has 3 N–H and O–H groups in total. The second-order valence-corrected chi connectivity index (χ2v) is 3.88. The molecule has 1 atom stereocenters. The van der Waals surface area contributed by atoms with E-state index >= 15 is 0 Å². The van der Waals surface area contributed by atoms with Crippen molar-refractivity contribution in [2.75, 3.05) is 6.54 Å². The Bertz CT molecular complexity index is 359. The van der Waals surface area contributed by atoms with Gasteiger partial charge >= 0.3 is 0 Å². The van der Waals surface area contributed by atoms with Gasteiger partial charge in [-0.25, -0.2) is 0 Å². The van der Waals surface area contributed by atoms with Crippen molar-refractivity contribution in [1.29, 1.82) is 0 Å². The van der Waals surface area contributed by atoms with Crippen LogP contribution in [-0.2, 0) is 13.5 Å². The summed E-state index contributed by atoms with van der Waals surface area (Å²) in [6.45, 7) is 4.51. The van der Waals surface area contributed by atoms with Crippen molar-refractivity contribution in [2.24, 2.45) is 12.8 Å². The standard InChI is InChI=1S/C11H20N4O/c1-4-8(12)7-13-11(16)10-6-9(5-2)14-15(10)3/h6,8H,4-5,7,12H2,1-3H3,(H,13,16). The number of hydrogen-bond acceptors (Lipinski definition) is 3. The number of carbonyl (C=O) groups is 1. The number of rotatable bonds is 5. The highest BCUT2D eigenvalue weighted by Crippen LogP contribution is 2.03. The van der Waals surface area contributed by atoms with Gasteiger partial charge in [-0.2, -0.15) is 5.10 Å². The van der Waals surface area contributed by atoms with E-state index < -0.39 is 0 Å². The first-order chi connectivity index (χ1) is 7.58. The van der Waals surface area contributed by atoms with Crippen LogP contribution in [0.15, 0.2) is 6.07 Å². The third kappa shape index (κ3) is 3.06. The van der Waals surface area contributed by atoms with Crippen LogP contribution in [0.5, 0.6) is 0 Å². The molecule has 0 aromatic carbocycles. The highest BCUT2D eigenvalue weighted by molar-refractivity contribution is 5.92. The molecule has 1 amide bonds. The number of amides is 1. The Hall–Kier alpha value is -1.36. The highest BCUT2D eigenvalue weighted by Gasteiger charge is 2.12. The van der Waals surface area contributed by atoms with Gasteiger partial charge in [0, 0.05) is 19.6 Å². The summed E-state index contributed by atoms with van der Waals surface area (Å²) in [5.41, 5.74) is 7.24. The van der Waals surface area contributed by atoms with Crippen molar-refractivity contribution in [3.8, 4) is 0 Å². The minimum Gasteiger partial charge on any atom is -0.349 e. The Morgan fingerprint density at radius 3 is 2.81 bits per heavy atom. The fourth-order valence-corrected chi connectivity index (χ4v) is 1.37. The largest absolute Gasteiger partial charge is 0.349 e. The second-order valence-electron chi connectivity index (χ2n) is 3.88. The lowest BCUT2D eigenvalue weighted by molar-refractivity contribution is 0.0941. The lowest BCUT2D eigenvalue weighted by Gasteiger charge is -2.09. The molecule has 16 heavy (non-hydrogen) atoms. The van der Waals surface area contributed by atoms with Gasteiger partial charge in [-0.3, -0.25) is 9.48 Å². The van der Waals surface area contributed by atoms with E-state index in [0.717, 1.165) is 18.5 Å². The molecule has 1 unspecified atom stereocenters. The number of nitrogens with two attached hydrogens (primary N) is 1. The van der Waals surface area contributed by atoms with Crippen molar-refractivity contribution >= 4 is 5.91 Å². The van der Waals surface area contributed by atoms with Gasteiger partial charge in [0.15, 0.2) is 0 Å². The number of aromatic nitrogens is 2. The maximum atomic E-state index is 11.8. The minimum atomic E-state index is -0.112. The first kappa shape index (κ1) is 12.7. The summed E-state index contributed by atoms with van der Waals surface area (Å²) in [6.07, 6.45) is 1.68. The molecule has 1 aromatic heterocycles. The van der Waals surface area contributed by atoms with Crippen molar-refractivity contribution in [3.05, 3.63) is 17.5 Å². The Morgan fingerprint density at radius 2 is 2.31 bits per heavy atom. The number of carbonyl (C=O) groups excluding carboxylic acids is 1. The monoisotopic (exact) mass is 224 g/mol. The van der Waals surface area contributed by atoms with E-state index in [9.17, 15) is 4.79 Å². The fourth-order valence-electron chi connectivity index (χ4n) is 1.37. The number of hydrogen-bond donors (Lipinski definition) is 2. The van der Waals surface area contributed by atoms with Crippen LogP contribution in [0.4, 0.5) is 0 Å². The Labute approximate surface area is 96.0 Å². The molecule has 0 saturated carbocycles. The van der Waals surface area contributed by atoms with Crippen molar-refractivity contribution in [2.45, 2.75) is 32.7 Å². The summed E-state index contributed by atoms with van der Waals surface area (Å²) < 4.78 is 1.60. The van der Waals surface area contributed by atoms with Crippen LogP contribution >= 0.6 is 0 Å². The first-order valence-electron chi connectivity index (χ1n) is 5.65. The molecule has 0 spiro atoms. The van der Waals surface area contributed by atoms with E-state index in [-0.39, 0.29) is 11.9 Å². The van der Waals surface area contributed by atoms with Crippen LogP contribution < -0.4 is 11.1 Å². The van der Waals surface area contributed by atoms with Crippen molar-refractivity contribution in [1.82, 2.24) is 15.1 Å². The average Bonchev–Trinajstić information content (AvgIpc) is 2.67. The van der Waals surface area contributed by atoms with E-state index in [0.29, 0.717) is 12.2 Å². The Balaban J connectivity index is 2.62. The predicted molar refractivity (Wildman–Crippen MR) is 63.2 cm³/mol. The van der Waals surface area contributed by atoms with Crippen LogP contribution in [0, 0.1) is 0 Å². The van der Waals surface area contributed by atoms with Gasteiger partial charge in [0.1, 0.15) is 5.69 Å². The Kier molecular flexibility index (Phi) is 4.49. The lowest BCUT2D eigenvalue weighted by atomic mass is 10.2. The molecule has 0 aliphatic carbocycles. The first-order valence-corrected chi connectivity index (χ1v) is 5.65. The van der Waals surface area contributed by atoms with Crippen LogP contribution in [0.3, 0.4) is 0 Å². The Morgan fingerprint density at radius 1 is 1.62 bits per heavy atom. The molecule has 5 nitrogen and oxygen atoms in total. The van der Waals surface area contributed by atoms with E-state index in [1.165, 1.54) is 0 Å². The summed E-state index contributed by atoms with van der Waals surface area (Å²) in [5.74, 6) is -0.112. The molecule has 0 radical (unpaired) electrons. The van der Waals surface area contributed by atoms with Crippen LogP contribution in [0.1, 0.15) is 36.5 Å². The molecule has 1 aromatic rings. The molecule has 0 aliphatic rings. The zero-order valence-electron chi connectivity index (χ0n) is 10.2. The number of aryl methyl sites for hydroxylation is 2. The zero-order valence-corrected chi connectivity index (χ0v) is 10.2. The van der Waals surface area contributed by atoms with E-state index in [1.807, 2.05) is 19.9 Å². The molecule has 1 rings (SSSR count). The van der Waals surface area contributed by atoms with Gasteiger partial charge in [-0.15, -0.1) is 0 Å². The molecular weight excluding hydrogens is 204 g/mol. The van der Waals surface area contributed by atoms with Gasteiger partial charge < -0.3 is 11.1 Å². The fraction of sp³-hybridized carbons (Fsp3) is 0.636. The van der Waals surface area contributed by atoms with Crippen molar-refractivity contribution in [3.63, 3.8) is 0 Å². The van der Waals surface area contributed by atoms with Crippen LogP contribution in [-0.4, -0.2) is 28.3 Å². The van der Waals surface area contributed by atoms with Crippen LogP contribution in [0.2, 0.25) is 0 Å². The van der Waals surface area contributed by atoms with Gasteiger partial charge in [0.25, 0.3) is 5.91 Å². The molecule has 0 fully saturated rings. The maximum Gasteiger partial charge on any atom is 0.269 e. The van der Waals surface area contributed by atoms with Gasteiger partial charge in [-0.05, 0) is 18.9 Å². The molecule has 0 bridgehead atoms. The second kappa shape index (κ2) is 5.65. The SMILES string of the molecule is CCc1cc(C(=O)NCC(N)CC)n(C)n1. The smallest absolute Gasteiger partial charge is 0.269 e. The quantitative estimate of drug-likeness (QED) is 0.762. The molecular formula is C11H20N4O. The van der Waals surface area contributed by atoms with Gasteiger partial charge in [0.05, 0.1) is 5.69 Å². The molecule has 0 aliphatic heterocycles. The third-order valence-electron chi connectivity index (χ3n) is 2.57. The number of nitrogens with zero attached hydrogens (tertiary/aromatic N) is 2. The van der Waals surface area contributed by atoms with E-state index in [4.69, 9.17) is 5.73 Å². The summed E-state index contributed by atoms with van der Waals surface area (Å²) >= 11 is 0. The lowest BCUT2D eigenvalue weighted by Crippen LogP contribution is -2.37. The summed E-state index contributed by atoms with van der Waals surface area (Å²) in [6, 6.07) is 1.83.